The number of rotatable bonds is 4. The van der Waals surface area contributed by atoms with Crippen LogP contribution in [0.15, 0.2) is 34.9 Å². The van der Waals surface area contributed by atoms with E-state index in [-0.39, 0.29) is 5.91 Å². The minimum absolute atomic E-state index is 0.148. The van der Waals surface area contributed by atoms with Gasteiger partial charge in [0.15, 0.2) is 5.82 Å². The topological polar surface area (TPSA) is 62.5 Å². The summed E-state index contributed by atoms with van der Waals surface area (Å²) in [6.45, 7) is 5.66. The van der Waals surface area contributed by atoms with Crippen LogP contribution < -0.4 is 0 Å². The molecule has 0 atom stereocenters. The second-order valence-corrected chi connectivity index (χ2v) is 5.90. The fourth-order valence-electron chi connectivity index (χ4n) is 2.84. The summed E-state index contributed by atoms with van der Waals surface area (Å²) in [5.41, 5.74) is 1.17. The van der Waals surface area contributed by atoms with E-state index in [1.54, 1.807) is 6.92 Å². The van der Waals surface area contributed by atoms with Gasteiger partial charge in [0.1, 0.15) is 0 Å². The lowest BCUT2D eigenvalue weighted by molar-refractivity contribution is -0.128. The number of carbonyl (C=O) groups excluding carboxylic acids is 1. The van der Waals surface area contributed by atoms with Crippen LogP contribution in [-0.2, 0) is 17.8 Å². The van der Waals surface area contributed by atoms with E-state index in [9.17, 15) is 4.79 Å². The van der Waals surface area contributed by atoms with E-state index in [2.05, 4.69) is 27.2 Å². The Morgan fingerprint density at radius 2 is 2.00 bits per heavy atom. The Morgan fingerprint density at radius 3 is 2.78 bits per heavy atom. The summed E-state index contributed by atoms with van der Waals surface area (Å²) in [6.07, 6.45) is 1.66. The van der Waals surface area contributed by atoms with Gasteiger partial charge in [-0.25, -0.2) is 0 Å². The molecule has 6 nitrogen and oxygen atoms in total. The summed E-state index contributed by atoms with van der Waals surface area (Å²) in [7, 11) is 0. The van der Waals surface area contributed by atoms with Gasteiger partial charge in [0.05, 0.1) is 6.54 Å². The zero-order valence-corrected chi connectivity index (χ0v) is 13.4. The highest BCUT2D eigenvalue weighted by Gasteiger charge is 2.18. The number of hydrogen-bond acceptors (Lipinski definition) is 5. The molecular weight excluding hydrogens is 292 g/mol. The Morgan fingerprint density at radius 1 is 1.17 bits per heavy atom. The Kier molecular flexibility index (Phi) is 5.02. The summed E-state index contributed by atoms with van der Waals surface area (Å²) >= 11 is 0. The summed E-state index contributed by atoms with van der Waals surface area (Å²) in [5.74, 6) is 1.51. The second kappa shape index (κ2) is 7.37. The first-order chi connectivity index (χ1) is 11.2. The van der Waals surface area contributed by atoms with Crippen molar-refractivity contribution in [3.05, 3.63) is 47.6 Å². The predicted octanol–water partition coefficient (Wildman–Crippen LogP) is 1.71. The maximum atomic E-state index is 11.5. The van der Waals surface area contributed by atoms with Gasteiger partial charge in [-0.2, -0.15) is 4.98 Å². The third kappa shape index (κ3) is 4.39. The van der Waals surface area contributed by atoms with Crippen molar-refractivity contribution in [3.63, 3.8) is 0 Å². The Bertz CT molecular complexity index is 641. The van der Waals surface area contributed by atoms with Crippen LogP contribution in [0.2, 0.25) is 0 Å². The summed E-state index contributed by atoms with van der Waals surface area (Å²) in [6, 6.07) is 10.1. The first kappa shape index (κ1) is 15.7. The van der Waals surface area contributed by atoms with Crippen molar-refractivity contribution >= 4 is 5.91 Å². The van der Waals surface area contributed by atoms with Crippen molar-refractivity contribution in [3.8, 4) is 0 Å². The van der Waals surface area contributed by atoms with Gasteiger partial charge >= 0.3 is 0 Å². The van der Waals surface area contributed by atoms with Crippen LogP contribution in [0.25, 0.3) is 0 Å². The first-order valence-corrected chi connectivity index (χ1v) is 8.04. The molecule has 1 amide bonds. The zero-order chi connectivity index (χ0) is 16.1. The van der Waals surface area contributed by atoms with E-state index in [1.807, 2.05) is 23.1 Å². The van der Waals surface area contributed by atoms with Gasteiger partial charge in [-0.15, -0.1) is 0 Å². The molecule has 2 heterocycles. The molecule has 0 N–H and O–H groups in total. The van der Waals surface area contributed by atoms with E-state index in [4.69, 9.17) is 4.52 Å². The lowest BCUT2D eigenvalue weighted by Crippen LogP contribution is -2.33. The monoisotopic (exact) mass is 314 g/mol. The van der Waals surface area contributed by atoms with Gasteiger partial charge in [0, 0.05) is 39.5 Å². The fraction of sp³-hybridized carbons (Fsp3) is 0.471. The fourth-order valence-corrected chi connectivity index (χ4v) is 2.84. The van der Waals surface area contributed by atoms with Gasteiger partial charge in [0.25, 0.3) is 0 Å². The van der Waals surface area contributed by atoms with E-state index in [1.165, 1.54) is 5.56 Å². The third-order valence-electron chi connectivity index (χ3n) is 4.11. The SMILES string of the molecule is CC(=O)N1CCCN(Cc2nc(Cc3ccccc3)no2)CC1. The number of benzene rings is 1. The maximum Gasteiger partial charge on any atom is 0.240 e. The van der Waals surface area contributed by atoms with Crippen molar-refractivity contribution in [1.29, 1.82) is 0 Å². The molecule has 1 fully saturated rings. The minimum atomic E-state index is 0.148. The molecule has 6 heteroatoms. The van der Waals surface area contributed by atoms with Gasteiger partial charge in [-0.3, -0.25) is 9.69 Å². The largest absolute Gasteiger partial charge is 0.342 e. The molecule has 1 aliphatic rings. The molecular formula is C17H22N4O2. The van der Waals surface area contributed by atoms with Gasteiger partial charge in [-0.1, -0.05) is 35.5 Å². The average molecular weight is 314 g/mol. The van der Waals surface area contributed by atoms with Crippen LogP contribution in [0.5, 0.6) is 0 Å². The van der Waals surface area contributed by atoms with Crippen molar-refractivity contribution in [2.45, 2.75) is 26.3 Å². The van der Waals surface area contributed by atoms with Crippen molar-refractivity contribution in [2.24, 2.45) is 0 Å². The van der Waals surface area contributed by atoms with Crippen molar-refractivity contribution < 1.29 is 9.32 Å². The quantitative estimate of drug-likeness (QED) is 0.860. The molecule has 1 aromatic heterocycles. The molecule has 0 saturated carbocycles. The third-order valence-corrected chi connectivity index (χ3v) is 4.11. The van der Waals surface area contributed by atoms with Crippen LogP contribution in [-0.4, -0.2) is 52.0 Å². The van der Waals surface area contributed by atoms with Crippen LogP contribution in [0, 0.1) is 0 Å². The number of aromatic nitrogens is 2. The standard InChI is InChI=1S/C17H22N4O2/c1-14(22)21-9-5-8-20(10-11-21)13-17-18-16(19-23-17)12-15-6-3-2-4-7-15/h2-4,6-7H,5,8-13H2,1H3. The minimum Gasteiger partial charge on any atom is -0.342 e. The van der Waals surface area contributed by atoms with Gasteiger partial charge in [0.2, 0.25) is 11.8 Å². The molecule has 0 aliphatic carbocycles. The average Bonchev–Trinajstić information content (AvgIpc) is 2.83. The lowest BCUT2D eigenvalue weighted by atomic mass is 10.1. The van der Waals surface area contributed by atoms with Crippen LogP contribution >= 0.6 is 0 Å². The van der Waals surface area contributed by atoms with Crippen LogP contribution in [0.3, 0.4) is 0 Å². The molecule has 3 rings (SSSR count). The van der Waals surface area contributed by atoms with Crippen molar-refractivity contribution in [1.82, 2.24) is 19.9 Å². The van der Waals surface area contributed by atoms with E-state index >= 15 is 0 Å². The van der Waals surface area contributed by atoms with Crippen LogP contribution in [0.1, 0.15) is 30.6 Å². The van der Waals surface area contributed by atoms with Gasteiger partial charge in [-0.05, 0) is 12.0 Å². The number of hydrogen-bond donors (Lipinski definition) is 0. The Labute approximate surface area is 136 Å². The van der Waals surface area contributed by atoms with E-state index in [0.717, 1.165) is 32.6 Å². The highest BCUT2D eigenvalue weighted by atomic mass is 16.5. The molecule has 122 valence electrons. The first-order valence-electron chi connectivity index (χ1n) is 8.04. The molecule has 0 unspecified atom stereocenters. The number of carbonyl (C=O) groups is 1. The Balaban J connectivity index is 1.55. The number of nitrogens with zero attached hydrogens (tertiary/aromatic N) is 4. The predicted molar refractivity (Wildman–Crippen MR) is 85.7 cm³/mol. The molecule has 23 heavy (non-hydrogen) atoms. The molecule has 0 radical (unpaired) electrons. The van der Waals surface area contributed by atoms with E-state index in [0.29, 0.717) is 24.7 Å². The Hall–Kier alpha value is -2.21. The zero-order valence-electron chi connectivity index (χ0n) is 13.4. The summed E-state index contributed by atoms with van der Waals surface area (Å²) in [5, 5.41) is 4.07. The van der Waals surface area contributed by atoms with Gasteiger partial charge < -0.3 is 9.42 Å². The highest BCUT2D eigenvalue weighted by Crippen LogP contribution is 2.10. The smallest absolute Gasteiger partial charge is 0.240 e. The normalized spacial score (nSPS) is 16.3. The molecule has 1 aliphatic heterocycles. The molecule has 2 aromatic rings. The second-order valence-electron chi connectivity index (χ2n) is 5.90. The number of amides is 1. The summed E-state index contributed by atoms with van der Waals surface area (Å²) in [4.78, 5) is 20.1. The maximum absolute atomic E-state index is 11.5. The molecule has 0 bridgehead atoms. The molecule has 0 spiro atoms. The highest BCUT2D eigenvalue weighted by molar-refractivity contribution is 5.73. The molecule has 1 aromatic carbocycles. The lowest BCUT2D eigenvalue weighted by Gasteiger charge is -2.19. The van der Waals surface area contributed by atoms with E-state index < -0.39 is 0 Å². The van der Waals surface area contributed by atoms with Crippen LogP contribution in [0.4, 0.5) is 0 Å². The summed E-state index contributed by atoms with van der Waals surface area (Å²) < 4.78 is 5.37. The van der Waals surface area contributed by atoms with Crippen molar-refractivity contribution in [2.75, 3.05) is 26.2 Å². The molecule has 1 saturated heterocycles.